The van der Waals surface area contributed by atoms with Gasteiger partial charge in [0, 0.05) is 6.54 Å². The maximum atomic E-state index is 7.43. The molecule has 0 aromatic rings. The molecule has 1 heterocycles. The summed E-state index contributed by atoms with van der Waals surface area (Å²) in [6.07, 6.45) is 3.31. The minimum atomic E-state index is 0.434. The molecule has 60 valence electrons. The van der Waals surface area contributed by atoms with E-state index in [0.29, 0.717) is 17.6 Å². The SMILES string of the molecule is CC(C)CN1C(=N)C=CC1=N. The second kappa shape index (κ2) is 2.86. The molecule has 11 heavy (non-hydrogen) atoms. The average molecular weight is 151 g/mol. The third-order valence-corrected chi connectivity index (χ3v) is 1.53. The molecule has 0 spiro atoms. The van der Waals surface area contributed by atoms with E-state index >= 15 is 0 Å². The Morgan fingerprint density at radius 3 is 2.09 bits per heavy atom. The van der Waals surface area contributed by atoms with Gasteiger partial charge in [0.15, 0.2) is 0 Å². The zero-order chi connectivity index (χ0) is 8.43. The summed E-state index contributed by atoms with van der Waals surface area (Å²) in [6.45, 7) is 4.93. The number of rotatable bonds is 2. The summed E-state index contributed by atoms with van der Waals surface area (Å²) in [4.78, 5) is 1.70. The van der Waals surface area contributed by atoms with Gasteiger partial charge in [0.05, 0.1) is 0 Å². The first kappa shape index (κ1) is 7.98. The van der Waals surface area contributed by atoms with Crippen LogP contribution >= 0.6 is 0 Å². The Hall–Kier alpha value is -1.12. The molecule has 0 saturated heterocycles. The van der Waals surface area contributed by atoms with E-state index in [1.807, 2.05) is 0 Å². The molecule has 0 aromatic heterocycles. The summed E-state index contributed by atoms with van der Waals surface area (Å²) in [5.74, 6) is 1.36. The number of hydrogen-bond donors (Lipinski definition) is 2. The predicted molar refractivity (Wildman–Crippen MR) is 46.1 cm³/mol. The van der Waals surface area contributed by atoms with E-state index in [2.05, 4.69) is 13.8 Å². The van der Waals surface area contributed by atoms with Gasteiger partial charge in [-0.05, 0) is 18.1 Å². The van der Waals surface area contributed by atoms with Crippen LogP contribution in [0.2, 0.25) is 0 Å². The third-order valence-electron chi connectivity index (χ3n) is 1.53. The Morgan fingerprint density at radius 2 is 1.73 bits per heavy atom. The minimum absolute atomic E-state index is 0.434. The van der Waals surface area contributed by atoms with Gasteiger partial charge in [-0.2, -0.15) is 0 Å². The lowest BCUT2D eigenvalue weighted by molar-refractivity contribution is 0.492. The normalized spacial score (nSPS) is 17.2. The van der Waals surface area contributed by atoms with Crippen LogP contribution in [0.3, 0.4) is 0 Å². The molecule has 0 unspecified atom stereocenters. The second-order valence-electron chi connectivity index (χ2n) is 3.11. The lowest BCUT2D eigenvalue weighted by Gasteiger charge is -2.19. The third kappa shape index (κ3) is 1.67. The number of amidine groups is 2. The standard InChI is InChI=1S/C8H13N3/c1-6(2)5-11-7(9)3-4-8(11)10/h3-4,6,9-10H,5H2,1-2H3. The Balaban J connectivity index is 2.59. The predicted octanol–water partition coefficient (Wildman–Crippen LogP) is 1.47. The monoisotopic (exact) mass is 151 g/mol. The zero-order valence-electron chi connectivity index (χ0n) is 6.89. The van der Waals surface area contributed by atoms with Crippen LogP contribution in [0.25, 0.3) is 0 Å². The summed E-state index contributed by atoms with van der Waals surface area (Å²) in [6, 6.07) is 0. The van der Waals surface area contributed by atoms with Crippen LogP contribution < -0.4 is 0 Å². The minimum Gasteiger partial charge on any atom is -0.312 e. The van der Waals surface area contributed by atoms with Gasteiger partial charge in [0.2, 0.25) is 0 Å². The molecule has 3 heteroatoms. The van der Waals surface area contributed by atoms with Gasteiger partial charge in [0.25, 0.3) is 0 Å². The molecular formula is C8H13N3. The maximum absolute atomic E-state index is 7.43. The fraction of sp³-hybridized carbons (Fsp3) is 0.500. The highest BCUT2D eigenvalue weighted by Gasteiger charge is 2.17. The summed E-state index contributed by atoms with van der Waals surface area (Å²) < 4.78 is 0. The van der Waals surface area contributed by atoms with Crippen molar-refractivity contribution in [3.05, 3.63) is 12.2 Å². The van der Waals surface area contributed by atoms with Gasteiger partial charge < -0.3 is 4.90 Å². The van der Waals surface area contributed by atoms with Gasteiger partial charge in [-0.3, -0.25) is 10.8 Å². The maximum Gasteiger partial charge on any atom is 0.126 e. The van der Waals surface area contributed by atoms with Crippen LogP contribution in [0.5, 0.6) is 0 Å². The lowest BCUT2D eigenvalue weighted by Crippen LogP contribution is -2.32. The van der Waals surface area contributed by atoms with Crippen molar-refractivity contribution >= 4 is 11.7 Å². The topological polar surface area (TPSA) is 50.9 Å². The summed E-state index contributed by atoms with van der Waals surface area (Å²) in [5.41, 5.74) is 0. The van der Waals surface area contributed by atoms with Gasteiger partial charge in [-0.25, -0.2) is 0 Å². The molecule has 0 aromatic carbocycles. The number of nitrogens with zero attached hydrogens (tertiary/aromatic N) is 1. The van der Waals surface area contributed by atoms with E-state index in [1.54, 1.807) is 17.1 Å². The van der Waals surface area contributed by atoms with Gasteiger partial charge in [-0.15, -0.1) is 0 Å². The summed E-state index contributed by atoms with van der Waals surface area (Å²) >= 11 is 0. The van der Waals surface area contributed by atoms with Crippen LogP contribution in [-0.4, -0.2) is 23.1 Å². The smallest absolute Gasteiger partial charge is 0.126 e. The first-order chi connectivity index (χ1) is 5.11. The van der Waals surface area contributed by atoms with Gasteiger partial charge >= 0.3 is 0 Å². The van der Waals surface area contributed by atoms with E-state index < -0.39 is 0 Å². The van der Waals surface area contributed by atoms with Crippen molar-refractivity contribution in [2.24, 2.45) is 5.92 Å². The second-order valence-corrected chi connectivity index (χ2v) is 3.11. The molecule has 3 nitrogen and oxygen atoms in total. The molecule has 1 aliphatic rings. The van der Waals surface area contributed by atoms with Crippen LogP contribution in [-0.2, 0) is 0 Å². The van der Waals surface area contributed by atoms with Crippen molar-refractivity contribution in [2.45, 2.75) is 13.8 Å². The molecule has 0 radical (unpaired) electrons. The molecule has 2 N–H and O–H groups in total. The Labute approximate surface area is 66.7 Å². The van der Waals surface area contributed by atoms with Crippen LogP contribution in [0.1, 0.15) is 13.8 Å². The van der Waals surface area contributed by atoms with E-state index in [1.165, 1.54) is 0 Å². The van der Waals surface area contributed by atoms with Crippen LogP contribution in [0, 0.1) is 16.7 Å². The molecule has 0 atom stereocenters. The van der Waals surface area contributed by atoms with Crippen LogP contribution in [0.4, 0.5) is 0 Å². The zero-order valence-corrected chi connectivity index (χ0v) is 6.89. The van der Waals surface area contributed by atoms with Crippen molar-refractivity contribution in [2.75, 3.05) is 6.54 Å². The Kier molecular flexibility index (Phi) is 2.08. The number of nitrogens with one attached hydrogen (secondary N) is 2. The first-order valence-corrected chi connectivity index (χ1v) is 3.74. The van der Waals surface area contributed by atoms with Crippen molar-refractivity contribution in [1.82, 2.24) is 4.90 Å². The molecule has 1 rings (SSSR count). The highest BCUT2D eigenvalue weighted by molar-refractivity contribution is 6.15. The van der Waals surface area contributed by atoms with E-state index in [-0.39, 0.29) is 0 Å². The number of hydrogen-bond acceptors (Lipinski definition) is 2. The Bertz CT molecular complexity index is 197. The van der Waals surface area contributed by atoms with Crippen molar-refractivity contribution < 1.29 is 0 Å². The Morgan fingerprint density at radius 1 is 1.27 bits per heavy atom. The fourth-order valence-electron chi connectivity index (χ4n) is 1.03. The first-order valence-electron chi connectivity index (χ1n) is 3.74. The van der Waals surface area contributed by atoms with Gasteiger partial charge in [0.1, 0.15) is 11.7 Å². The van der Waals surface area contributed by atoms with E-state index in [0.717, 1.165) is 6.54 Å². The van der Waals surface area contributed by atoms with Crippen LogP contribution in [0.15, 0.2) is 12.2 Å². The highest BCUT2D eigenvalue weighted by atomic mass is 15.2. The molecule has 0 saturated carbocycles. The van der Waals surface area contributed by atoms with Gasteiger partial charge in [-0.1, -0.05) is 13.8 Å². The lowest BCUT2D eigenvalue weighted by atomic mass is 10.2. The summed E-state index contributed by atoms with van der Waals surface area (Å²) in [5, 5.41) is 14.9. The largest absolute Gasteiger partial charge is 0.312 e. The van der Waals surface area contributed by atoms with E-state index in [9.17, 15) is 0 Å². The average Bonchev–Trinajstić information content (AvgIpc) is 2.18. The summed E-state index contributed by atoms with van der Waals surface area (Å²) in [7, 11) is 0. The molecule has 0 aliphatic carbocycles. The van der Waals surface area contributed by atoms with Crippen molar-refractivity contribution in [3.63, 3.8) is 0 Å². The highest BCUT2D eigenvalue weighted by Crippen LogP contribution is 2.07. The molecule has 1 aliphatic heterocycles. The van der Waals surface area contributed by atoms with E-state index in [4.69, 9.17) is 10.8 Å². The quantitative estimate of drug-likeness (QED) is 0.617. The molecule has 0 bridgehead atoms. The van der Waals surface area contributed by atoms with Crippen molar-refractivity contribution in [3.8, 4) is 0 Å². The molecular weight excluding hydrogens is 138 g/mol. The van der Waals surface area contributed by atoms with Crippen molar-refractivity contribution in [1.29, 1.82) is 10.8 Å². The fourth-order valence-corrected chi connectivity index (χ4v) is 1.03. The molecule has 0 amide bonds. The molecule has 0 fully saturated rings.